The van der Waals surface area contributed by atoms with E-state index in [1.807, 2.05) is 11.8 Å². The standard InChI is InChI=1S/C14H22FN3S/c1-10(8-18-5-6-19-11(2)9-18)14(16)13-4-3-12(15)7-17-13/h3-4,7,10-11,14H,5-6,8-9,16H2,1-2H3. The van der Waals surface area contributed by atoms with E-state index < -0.39 is 0 Å². The third-order valence-electron chi connectivity index (χ3n) is 3.58. The van der Waals surface area contributed by atoms with Gasteiger partial charge in [0.2, 0.25) is 0 Å². The minimum Gasteiger partial charge on any atom is -0.322 e. The molecule has 3 atom stereocenters. The third kappa shape index (κ3) is 4.16. The Hall–Kier alpha value is -0.650. The monoisotopic (exact) mass is 283 g/mol. The summed E-state index contributed by atoms with van der Waals surface area (Å²) in [5, 5.41) is 0.695. The molecule has 3 unspecified atom stereocenters. The van der Waals surface area contributed by atoms with Gasteiger partial charge in [0.1, 0.15) is 5.82 Å². The highest BCUT2D eigenvalue weighted by atomic mass is 32.2. The van der Waals surface area contributed by atoms with Crippen molar-refractivity contribution in [3.8, 4) is 0 Å². The van der Waals surface area contributed by atoms with E-state index in [1.54, 1.807) is 6.07 Å². The zero-order valence-corrected chi connectivity index (χ0v) is 12.4. The number of rotatable bonds is 4. The van der Waals surface area contributed by atoms with E-state index in [0.29, 0.717) is 11.2 Å². The highest BCUT2D eigenvalue weighted by Crippen LogP contribution is 2.22. The third-order valence-corrected chi connectivity index (χ3v) is 4.71. The van der Waals surface area contributed by atoms with E-state index in [2.05, 4.69) is 23.7 Å². The van der Waals surface area contributed by atoms with Crippen molar-refractivity contribution < 1.29 is 4.39 Å². The molecule has 5 heteroatoms. The quantitative estimate of drug-likeness (QED) is 0.920. The summed E-state index contributed by atoms with van der Waals surface area (Å²) in [5.41, 5.74) is 7.00. The average molecular weight is 283 g/mol. The molecule has 2 rings (SSSR count). The molecule has 1 aliphatic heterocycles. The molecule has 1 saturated heterocycles. The number of nitrogens with zero attached hydrogens (tertiary/aromatic N) is 2. The maximum atomic E-state index is 12.9. The summed E-state index contributed by atoms with van der Waals surface area (Å²) < 4.78 is 12.9. The lowest BCUT2D eigenvalue weighted by Gasteiger charge is -2.33. The van der Waals surface area contributed by atoms with E-state index in [-0.39, 0.29) is 11.9 Å². The van der Waals surface area contributed by atoms with Crippen LogP contribution in [0, 0.1) is 11.7 Å². The van der Waals surface area contributed by atoms with E-state index in [9.17, 15) is 4.39 Å². The molecular weight excluding hydrogens is 261 g/mol. The molecule has 0 aromatic carbocycles. The Balaban J connectivity index is 1.91. The van der Waals surface area contributed by atoms with Crippen LogP contribution in [0.25, 0.3) is 0 Å². The van der Waals surface area contributed by atoms with E-state index in [0.717, 1.165) is 25.3 Å². The smallest absolute Gasteiger partial charge is 0.141 e. The number of pyridine rings is 1. The van der Waals surface area contributed by atoms with Crippen LogP contribution in [0.5, 0.6) is 0 Å². The molecule has 0 aliphatic carbocycles. The zero-order valence-electron chi connectivity index (χ0n) is 11.6. The van der Waals surface area contributed by atoms with Gasteiger partial charge >= 0.3 is 0 Å². The normalized spacial score (nSPS) is 24.1. The van der Waals surface area contributed by atoms with Crippen LogP contribution in [-0.4, -0.2) is 40.5 Å². The molecule has 0 saturated carbocycles. The SMILES string of the molecule is CC1CN(CC(C)C(N)c2ccc(F)cn2)CCS1. The van der Waals surface area contributed by atoms with Gasteiger partial charge < -0.3 is 10.6 Å². The van der Waals surface area contributed by atoms with Crippen LogP contribution < -0.4 is 5.73 Å². The fraction of sp³-hybridized carbons (Fsp3) is 0.643. The van der Waals surface area contributed by atoms with Gasteiger partial charge in [-0.3, -0.25) is 4.98 Å². The van der Waals surface area contributed by atoms with Crippen molar-refractivity contribution in [2.24, 2.45) is 11.7 Å². The second-order valence-corrected chi connectivity index (χ2v) is 6.89. The molecule has 3 nitrogen and oxygen atoms in total. The van der Waals surface area contributed by atoms with Crippen molar-refractivity contribution in [1.82, 2.24) is 9.88 Å². The molecule has 2 heterocycles. The summed E-state index contributed by atoms with van der Waals surface area (Å²) in [6.45, 7) is 7.64. The van der Waals surface area contributed by atoms with Crippen LogP contribution in [0.1, 0.15) is 25.6 Å². The van der Waals surface area contributed by atoms with Crippen LogP contribution in [0.2, 0.25) is 0 Å². The second kappa shape index (κ2) is 6.68. The number of halogens is 1. The molecule has 19 heavy (non-hydrogen) atoms. The molecule has 1 aliphatic rings. The molecule has 0 bridgehead atoms. The molecule has 0 radical (unpaired) electrons. The lowest BCUT2D eigenvalue weighted by atomic mass is 9.98. The van der Waals surface area contributed by atoms with Crippen molar-refractivity contribution in [2.45, 2.75) is 25.1 Å². The van der Waals surface area contributed by atoms with Crippen molar-refractivity contribution in [1.29, 1.82) is 0 Å². The number of aromatic nitrogens is 1. The first-order chi connectivity index (χ1) is 9.06. The highest BCUT2D eigenvalue weighted by Gasteiger charge is 2.22. The minimum atomic E-state index is -0.314. The van der Waals surface area contributed by atoms with Gasteiger partial charge in [0, 0.05) is 30.6 Å². The van der Waals surface area contributed by atoms with E-state index >= 15 is 0 Å². The lowest BCUT2D eigenvalue weighted by molar-refractivity contribution is 0.230. The summed E-state index contributed by atoms with van der Waals surface area (Å²) in [4.78, 5) is 6.55. The summed E-state index contributed by atoms with van der Waals surface area (Å²) in [5.74, 6) is 1.19. The number of nitrogens with two attached hydrogens (primary N) is 1. The first-order valence-electron chi connectivity index (χ1n) is 6.77. The Bertz CT molecular complexity index is 398. The summed E-state index contributed by atoms with van der Waals surface area (Å²) in [6.07, 6.45) is 1.24. The maximum Gasteiger partial charge on any atom is 0.141 e. The van der Waals surface area contributed by atoms with Gasteiger partial charge in [-0.05, 0) is 18.1 Å². The van der Waals surface area contributed by atoms with Gasteiger partial charge in [-0.25, -0.2) is 4.39 Å². The second-order valence-electron chi connectivity index (χ2n) is 5.35. The average Bonchev–Trinajstić information content (AvgIpc) is 2.39. The first kappa shape index (κ1) is 14.8. The van der Waals surface area contributed by atoms with Gasteiger partial charge in [-0.2, -0.15) is 11.8 Å². The summed E-state index contributed by atoms with van der Waals surface area (Å²) in [6, 6.07) is 2.98. The predicted molar refractivity (Wildman–Crippen MR) is 78.6 cm³/mol. The van der Waals surface area contributed by atoms with Crippen LogP contribution in [0.4, 0.5) is 4.39 Å². The van der Waals surface area contributed by atoms with Crippen molar-refractivity contribution >= 4 is 11.8 Å². The molecule has 0 amide bonds. The number of hydrogen-bond acceptors (Lipinski definition) is 4. The molecule has 2 N–H and O–H groups in total. The fourth-order valence-electron chi connectivity index (χ4n) is 2.45. The van der Waals surface area contributed by atoms with Crippen molar-refractivity contribution in [2.75, 3.05) is 25.4 Å². The Morgan fingerprint density at radius 2 is 2.37 bits per heavy atom. The molecule has 1 aromatic rings. The van der Waals surface area contributed by atoms with Crippen LogP contribution in [0.15, 0.2) is 18.3 Å². The Morgan fingerprint density at radius 1 is 1.58 bits per heavy atom. The van der Waals surface area contributed by atoms with Crippen molar-refractivity contribution in [3.63, 3.8) is 0 Å². The van der Waals surface area contributed by atoms with Gasteiger partial charge in [0.25, 0.3) is 0 Å². The fourth-order valence-corrected chi connectivity index (χ4v) is 3.54. The highest BCUT2D eigenvalue weighted by molar-refractivity contribution is 7.99. The van der Waals surface area contributed by atoms with E-state index in [1.165, 1.54) is 18.0 Å². The Labute approximate surface area is 118 Å². The van der Waals surface area contributed by atoms with Gasteiger partial charge in [0.15, 0.2) is 0 Å². The number of hydrogen-bond donors (Lipinski definition) is 1. The molecule has 1 aromatic heterocycles. The summed E-state index contributed by atoms with van der Waals surface area (Å²) in [7, 11) is 0. The van der Waals surface area contributed by atoms with Crippen LogP contribution >= 0.6 is 11.8 Å². The topological polar surface area (TPSA) is 42.1 Å². The van der Waals surface area contributed by atoms with Crippen LogP contribution in [0.3, 0.4) is 0 Å². The Morgan fingerprint density at radius 3 is 3.00 bits per heavy atom. The molecular formula is C14H22FN3S. The van der Waals surface area contributed by atoms with Crippen LogP contribution in [-0.2, 0) is 0 Å². The zero-order chi connectivity index (χ0) is 13.8. The largest absolute Gasteiger partial charge is 0.322 e. The van der Waals surface area contributed by atoms with Crippen molar-refractivity contribution in [3.05, 3.63) is 29.8 Å². The maximum absolute atomic E-state index is 12.9. The molecule has 1 fully saturated rings. The van der Waals surface area contributed by atoms with Gasteiger partial charge in [-0.15, -0.1) is 0 Å². The predicted octanol–water partition coefficient (Wildman–Crippen LogP) is 2.29. The van der Waals surface area contributed by atoms with Gasteiger partial charge in [0.05, 0.1) is 17.9 Å². The lowest BCUT2D eigenvalue weighted by Crippen LogP contribution is -2.41. The molecule has 106 valence electrons. The summed E-state index contributed by atoms with van der Waals surface area (Å²) >= 11 is 2.03. The molecule has 0 spiro atoms. The van der Waals surface area contributed by atoms with Gasteiger partial charge in [-0.1, -0.05) is 13.8 Å². The van der Waals surface area contributed by atoms with E-state index in [4.69, 9.17) is 5.73 Å². The first-order valence-corrected chi connectivity index (χ1v) is 7.82. The Kier molecular flexibility index (Phi) is 5.19. The number of thioether (sulfide) groups is 1. The minimum absolute atomic E-state index is 0.134.